The van der Waals surface area contributed by atoms with Crippen LogP contribution in [0.25, 0.3) is 0 Å². The molecule has 2 rings (SSSR count). The Hall–Kier alpha value is -2.07. The van der Waals surface area contributed by atoms with Crippen LogP contribution in [-0.4, -0.2) is 17.9 Å². The Morgan fingerprint density at radius 1 is 1.37 bits per heavy atom. The monoisotopic (exact) mass is 270 g/mol. The summed E-state index contributed by atoms with van der Waals surface area (Å²) in [4.78, 5) is 0. The molecule has 100 valence electrons. The summed E-state index contributed by atoms with van der Waals surface area (Å²) in [6, 6.07) is 3.53. The van der Waals surface area contributed by atoms with Crippen LogP contribution in [0.2, 0.25) is 0 Å². The number of benzene rings is 1. The van der Waals surface area contributed by atoms with Crippen LogP contribution >= 0.6 is 0 Å². The molecule has 1 aromatic rings. The van der Waals surface area contributed by atoms with Crippen molar-refractivity contribution in [2.45, 2.75) is 18.4 Å². The minimum absolute atomic E-state index is 0.0175. The van der Waals surface area contributed by atoms with E-state index >= 15 is 0 Å². The fourth-order valence-corrected chi connectivity index (χ4v) is 1.57. The zero-order valence-electron chi connectivity index (χ0n) is 9.61. The van der Waals surface area contributed by atoms with Gasteiger partial charge < -0.3 is 9.84 Å². The number of aromatic hydroxyl groups is 1. The predicted molar refractivity (Wildman–Crippen MR) is 59.2 cm³/mol. The van der Waals surface area contributed by atoms with Gasteiger partial charge in [-0.2, -0.15) is 13.2 Å². The van der Waals surface area contributed by atoms with E-state index in [0.717, 1.165) is 6.07 Å². The molecule has 1 aliphatic rings. The molecule has 0 spiro atoms. The Morgan fingerprint density at radius 2 is 2.05 bits per heavy atom. The molecule has 1 heterocycles. The molecule has 0 amide bonds. The fourth-order valence-electron chi connectivity index (χ4n) is 1.57. The summed E-state index contributed by atoms with van der Waals surface area (Å²) in [7, 11) is 0. The highest BCUT2D eigenvalue weighted by atomic mass is 19.4. The number of ether oxygens (including phenoxy) is 1. The molecule has 7 heteroatoms. The van der Waals surface area contributed by atoms with Gasteiger partial charge in [0.15, 0.2) is 0 Å². The number of hydrogen-bond donors (Lipinski definition) is 1. The minimum Gasteiger partial charge on any atom is -0.508 e. The van der Waals surface area contributed by atoms with Crippen LogP contribution < -0.4 is 0 Å². The van der Waals surface area contributed by atoms with Gasteiger partial charge >= 0.3 is 11.8 Å². The van der Waals surface area contributed by atoms with Crippen molar-refractivity contribution < 1.29 is 23.0 Å². The van der Waals surface area contributed by atoms with Crippen molar-refractivity contribution in [1.29, 1.82) is 0 Å². The van der Waals surface area contributed by atoms with Gasteiger partial charge in [-0.25, -0.2) is 0 Å². The summed E-state index contributed by atoms with van der Waals surface area (Å²) in [5, 5.41) is 15.8. The third-order valence-electron chi connectivity index (χ3n) is 2.63. The highest BCUT2D eigenvalue weighted by Gasteiger charge is 2.65. The lowest BCUT2D eigenvalue weighted by Gasteiger charge is -2.15. The first-order chi connectivity index (χ1) is 8.90. The summed E-state index contributed by atoms with van der Waals surface area (Å²) in [5.41, 5.74) is -2.40. The van der Waals surface area contributed by atoms with E-state index < -0.39 is 11.8 Å². The van der Waals surface area contributed by atoms with Crippen LogP contribution in [0.5, 0.6) is 5.75 Å². The molecule has 1 aromatic carbocycles. The van der Waals surface area contributed by atoms with Gasteiger partial charge in [0.1, 0.15) is 12.4 Å². The van der Waals surface area contributed by atoms with Crippen LogP contribution in [0.4, 0.5) is 13.2 Å². The molecule has 19 heavy (non-hydrogen) atoms. The van der Waals surface area contributed by atoms with E-state index in [1.807, 2.05) is 0 Å². The van der Waals surface area contributed by atoms with E-state index in [-0.39, 0.29) is 24.5 Å². The molecule has 0 atom stereocenters. The Bertz CT molecular complexity index is 555. The van der Waals surface area contributed by atoms with Crippen molar-refractivity contribution >= 4 is 0 Å². The molecule has 0 saturated heterocycles. The third kappa shape index (κ3) is 2.39. The van der Waals surface area contributed by atoms with E-state index in [2.05, 4.69) is 16.1 Å². The van der Waals surface area contributed by atoms with Crippen LogP contribution in [0.1, 0.15) is 11.1 Å². The first kappa shape index (κ1) is 13.4. The second-order valence-electron chi connectivity index (χ2n) is 3.91. The minimum atomic E-state index is -4.61. The maximum absolute atomic E-state index is 12.7. The summed E-state index contributed by atoms with van der Waals surface area (Å²) >= 11 is 0. The Labute approximate surface area is 106 Å². The average molecular weight is 270 g/mol. The van der Waals surface area contributed by atoms with Crippen molar-refractivity contribution in [2.24, 2.45) is 10.2 Å². The smallest absolute Gasteiger partial charge is 0.442 e. The van der Waals surface area contributed by atoms with E-state index in [9.17, 15) is 18.3 Å². The zero-order valence-corrected chi connectivity index (χ0v) is 9.61. The van der Waals surface area contributed by atoms with Gasteiger partial charge in [0.05, 0.1) is 6.61 Å². The second-order valence-corrected chi connectivity index (χ2v) is 3.91. The summed E-state index contributed by atoms with van der Waals surface area (Å²) in [5.74, 6) is 1.93. The second kappa shape index (κ2) is 4.55. The molecule has 4 nitrogen and oxygen atoms in total. The highest BCUT2D eigenvalue weighted by Crippen LogP contribution is 2.52. The average Bonchev–Trinajstić information content (AvgIpc) is 3.12. The van der Waals surface area contributed by atoms with Crippen molar-refractivity contribution in [1.82, 2.24) is 0 Å². The zero-order chi connectivity index (χ0) is 14.1. The maximum atomic E-state index is 12.7. The molecular weight excluding hydrogens is 261 g/mol. The molecule has 0 aromatic heterocycles. The molecule has 1 N–H and O–H groups in total. The summed E-state index contributed by atoms with van der Waals surface area (Å²) in [6.07, 6.45) is 0.371. The van der Waals surface area contributed by atoms with Crippen LogP contribution in [0.15, 0.2) is 28.4 Å². The van der Waals surface area contributed by atoms with E-state index in [1.54, 1.807) is 0 Å². The van der Waals surface area contributed by atoms with Crippen LogP contribution in [0.3, 0.4) is 0 Å². The molecular formula is C12H9F3N2O2. The maximum Gasteiger partial charge on any atom is 0.442 e. The highest BCUT2D eigenvalue weighted by molar-refractivity contribution is 5.41. The van der Waals surface area contributed by atoms with Crippen molar-refractivity contribution in [3.8, 4) is 18.1 Å². The number of nitrogens with zero attached hydrogens (tertiary/aromatic N) is 2. The van der Waals surface area contributed by atoms with Crippen molar-refractivity contribution in [2.75, 3.05) is 6.61 Å². The van der Waals surface area contributed by atoms with Gasteiger partial charge in [0.25, 0.3) is 0 Å². The standard InChI is InChI=1S/C12H9F3N2O2/c1-2-5-19-7-8-3-4-9(6-10(8)18)11(16-17-11)12(13,14)15/h1,3-4,6,18H,5,7H2. The first-order valence-electron chi connectivity index (χ1n) is 5.25. The normalized spacial score (nSPS) is 16.1. The van der Waals surface area contributed by atoms with E-state index in [0.29, 0.717) is 5.56 Å². The first-order valence-corrected chi connectivity index (χ1v) is 5.25. The molecule has 0 unspecified atom stereocenters. The fraction of sp³-hybridized carbons (Fsp3) is 0.333. The number of alkyl halides is 3. The van der Waals surface area contributed by atoms with E-state index in [1.165, 1.54) is 12.1 Å². The Kier molecular flexibility index (Phi) is 3.20. The molecule has 1 aliphatic heterocycles. The van der Waals surface area contributed by atoms with Gasteiger partial charge in [-0.15, -0.1) is 16.7 Å². The summed E-state index contributed by atoms with van der Waals surface area (Å²) < 4.78 is 43.2. The largest absolute Gasteiger partial charge is 0.508 e. The number of rotatable bonds is 4. The molecule has 0 radical (unpaired) electrons. The van der Waals surface area contributed by atoms with Gasteiger partial charge in [-0.3, -0.25) is 0 Å². The topological polar surface area (TPSA) is 54.2 Å². The van der Waals surface area contributed by atoms with Gasteiger partial charge in [-0.1, -0.05) is 18.1 Å². The lowest BCUT2D eigenvalue weighted by molar-refractivity contribution is -0.166. The molecule has 0 aliphatic carbocycles. The SMILES string of the molecule is C#CCOCc1ccc(C2(C(F)(F)F)N=N2)cc1O. The lowest BCUT2D eigenvalue weighted by atomic mass is 10.0. The number of halogens is 3. The number of phenolic OH excluding ortho intramolecular Hbond substituents is 1. The summed E-state index contributed by atoms with van der Waals surface area (Å²) in [6.45, 7) is 0.0714. The van der Waals surface area contributed by atoms with Gasteiger partial charge in [-0.05, 0) is 6.07 Å². The molecule has 0 saturated carbocycles. The van der Waals surface area contributed by atoms with Crippen LogP contribution in [-0.2, 0) is 17.0 Å². The number of hydrogen-bond acceptors (Lipinski definition) is 4. The number of terminal acetylenes is 1. The third-order valence-corrected chi connectivity index (χ3v) is 2.63. The van der Waals surface area contributed by atoms with Crippen molar-refractivity contribution in [3.05, 3.63) is 29.3 Å². The van der Waals surface area contributed by atoms with Crippen LogP contribution in [0, 0.1) is 12.3 Å². The van der Waals surface area contributed by atoms with Crippen molar-refractivity contribution in [3.63, 3.8) is 0 Å². The lowest BCUT2D eigenvalue weighted by Crippen LogP contribution is -2.30. The Balaban J connectivity index is 2.19. The molecule has 0 fully saturated rings. The quantitative estimate of drug-likeness (QED) is 0.675. The number of phenols is 1. The van der Waals surface area contributed by atoms with Gasteiger partial charge in [0, 0.05) is 11.1 Å². The van der Waals surface area contributed by atoms with Gasteiger partial charge in [0.2, 0.25) is 0 Å². The van der Waals surface area contributed by atoms with E-state index in [4.69, 9.17) is 11.2 Å². The Morgan fingerprint density at radius 3 is 2.53 bits per heavy atom. The molecule has 0 bridgehead atoms. The predicted octanol–water partition coefficient (Wildman–Crippen LogP) is 2.72.